The van der Waals surface area contributed by atoms with Crippen molar-refractivity contribution >= 4 is 6.02 Å². The lowest BCUT2D eigenvalue weighted by Gasteiger charge is -2.05. The molecule has 0 bridgehead atoms. The van der Waals surface area contributed by atoms with E-state index in [9.17, 15) is 0 Å². The zero-order chi connectivity index (χ0) is 9.64. The van der Waals surface area contributed by atoms with Crippen LogP contribution in [0, 0.1) is 0 Å². The van der Waals surface area contributed by atoms with E-state index in [1.165, 1.54) is 5.56 Å². The number of hydrogen-bond donors (Lipinski definition) is 1. The van der Waals surface area contributed by atoms with Crippen LogP contribution in [0.2, 0.25) is 0 Å². The molecule has 1 heterocycles. The summed E-state index contributed by atoms with van der Waals surface area (Å²) in [6, 6.07) is 11.1. The molecule has 0 atom stereocenters. The minimum Gasteiger partial charge on any atom is -0.463 e. The molecule has 3 heteroatoms. The van der Waals surface area contributed by atoms with Gasteiger partial charge in [0.15, 0.2) is 0 Å². The average Bonchev–Trinajstić information content (AvgIpc) is 2.72. The second-order valence-electron chi connectivity index (χ2n) is 3.20. The van der Waals surface area contributed by atoms with Gasteiger partial charge in [0, 0.05) is 6.54 Å². The molecule has 0 radical (unpaired) electrons. The summed E-state index contributed by atoms with van der Waals surface area (Å²) in [4.78, 5) is 4.15. The first-order chi connectivity index (χ1) is 6.95. The SMILES string of the molecule is c1ccc(CCNC2=NCCO2)cc1. The molecule has 0 saturated heterocycles. The second-order valence-corrected chi connectivity index (χ2v) is 3.20. The van der Waals surface area contributed by atoms with E-state index in [4.69, 9.17) is 4.74 Å². The summed E-state index contributed by atoms with van der Waals surface area (Å²) in [7, 11) is 0. The average molecular weight is 190 g/mol. The van der Waals surface area contributed by atoms with Gasteiger partial charge in [-0.2, -0.15) is 0 Å². The Balaban J connectivity index is 1.73. The van der Waals surface area contributed by atoms with Crippen LogP contribution in [0.4, 0.5) is 0 Å². The lowest BCUT2D eigenvalue weighted by Crippen LogP contribution is -2.25. The molecule has 74 valence electrons. The van der Waals surface area contributed by atoms with Crippen molar-refractivity contribution in [3.05, 3.63) is 35.9 Å². The molecule has 0 amide bonds. The van der Waals surface area contributed by atoms with Gasteiger partial charge in [0.05, 0.1) is 6.54 Å². The molecule has 0 unspecified atom stereocenters. The Hall–Kier alpha value is -1.51. The van der Waals surface area contributed by atoms with Crippen LogP contribution in [0.5, 0.6) is 0 Å². The Morgan fingerprint density at radius 2 is 2.14 bits per heavy atom. The first kappa shape index (κ1) is 9.06. The number of hydrogen-bond acceptors (Lipinski definition) is 3. The summed E-state index contributed by atoms with van der Waals surface area (Å²) < 4.78 is 5.23. The minimum absolute atomic E-state index is 0.695. The number of aliphatic imine (C=N–C) groups is 1. The highest BCUT2D eigenvalue weighted by Gasteiger charge is 2.04. The maximum absolute atomic E-state index is 5.23. The third-order valence-corrected chi connectivity index (χ3v) is 2.12. The van der Waals surface area contributed by atoms with E-state index in [1.54, 1.807) is 0 Å². The van der Waals surface area contributed by atoms with E-state index < -0.39 is 0 Å². The highest BCUT2D eigenvalue weighted by molar-refractivity contribution is 5.74. The molecular weight excluding hydrogens is 176 g/mol. The lowest BCUT2D eigenvalue weighted by atomic mass is 10.1. The van der Waals surface area contributed by atoms with E-state index in [-0.39, 0.29) is 0 Å². The van der Waals surface area contributed by atoms with Gasteiger partial charge in [-0.3, -0.25) is 0 Å². The van der Waals surface area contributed by atoms with Gasteiger partial charge in [-0.25, -0.2) is 4.99 Å². The topological polar surface area (TPSA) is 33.6 Å². The number of ether oxygens (including phenoxy) is 1. The van der Waals surface area contributed by atoms with E-state index >= 15 is 0 Å². The molecule has 1 aliphatic rings. The third-order valence-electron chi connectivity index (χ3n) is 2.12. The molecule has 0 saturated carbocycles. The van der Waals surface area contributed by atoms with Crippen molar-refractivity contribution in [2.45, 2.75) is 6.42 Å². The lowest BCUT2D eigenvalue weighted by molar-refractivity contribution is 0.332. The molecule has 3 nitrogen and oxygen atoms in total. The number of nitrogens with one attached hydrogen (secondary N) is 1. The molecule has 1 aliphatic heterocycles. The Morgan fingerprint density at radius 3 is 2.86 bits per heavy atom. The summed E-state index contributed by atoms with van der Waals surface area (Å²) in [5, 5.41) is 3.16. The summed E-state index contributed by atoms with van der Waals surface area (Å²) in [5.41, 5.74) is 1.33. The van der Waals surface area contributed by atoms with Gasteiger partial charge in [0.1, 0.15) is 6.61 Å². The van der Waals surface area contributed by atoms with Crippen LogP contribution < -0.4 is 5.32 Å². The van der Waals surface area contributed by atoms with Gasteiger partial charge in [-0.05, 0) is 12.0 Å². The predicted octanol–water partition coefficient (Wildman–Crippen LogP) is 1.20. The monoisotopic (exact) mass is 190 g/mol. The van der Waals surface area contributed by atoms with Crippen LogP contribution in [0.1, 0.15) is 5.56 Å². The zero-order valence-corrected chi connectivity index (χ0v) is 8.07. The number of rotatable bonds is 3. The molecule has 2 rings (SSSR count). The Kier molecular flexibility index (Phi) is 3.01. The highest BCUT2D eigenvalue weighted by Crippen LogP contribution is 1.98. The fourth-order valence-electron chi connectivity index (χ4n) is 1.40. The van der Waals surface area contributed by atoms with Crippen molar-refractivity contribution in [3.63, 3.8) is 0 Å². The van der Waals surface area contributed by atoms with Crippen LogP contribution >= 0.6 is 0 Å². The Morgan fingerprint density at radius 1 is 1.29 bits per heavy atom. The van der Waals surface area contributed by atoms with Crippen LogP contribution in [0.15, 0.2) is 35.3 Å². The van der Waals surface area contributed by atoms with E-state index in [0.29, 0.717) is 12.6 Å². The second kappa shape index (κ2) is 4.65. The van der Waals surface area contributed by atoms with Crippen molar-refractivity contribution in [1.82, 2.24) is 5.32 Å². The standard InChI is InChI=1S/C11H14N2O/c1-2-4-10(5-3-1)6-7-12-11-13-8-9-14-11/h1-5H,6-9H2,(H,12,13). The molecule has 0 aromatic heterocycles. The van der Waals surface area contributed by atoms with Gasteiger partial charge in [-0.15, -0.1) is 0 Å². The molecule has 1 N–H and O–H groups in total. The maximum atomic E-state index is 5.23. The third kappa shape index (κ3) is 2.49. The number of amidine groups is 1. The van der Waals surface area contributed by atoms with Gasteiger partial charge in [0.2, 0.25) is 0 Å². The number of nitrogens with zero attached hydrogens (tertiary/aromatic N) is 1. The fourth-order valence-corrected chi connectivity index (χ4v) is 1.40. The molecular formula is C11H14N2O. The Labute approximate surface area is 83.8 Å². The molecule has 0 spiro atoms. The Bertz CT molecular complexity index is 308. The van der Waals surface area contributed by atoms with Crippen molar-refractivity contribution in [2.24, 2.45) is 4.99 Å². The number of benzene rings is 1. The van der Waals surface area contributed by atoms with Crippen molar-refractivity contribution < 1.29 is 4.74 Å². The molecule has 14 heavy (non-hydrogen) atoms. The molecule has 1 aromatic carbocycles. The van der Waals surface area contributed by atoms with Crippen molar-refractivity contribution in [2.75, 3.05) is 19.7 Å². The van der Waals surface area contributed by atoms with E-state index in [2.05, 4.69) is 34.6 Å². The van der Waals surface area contributed by atoms with Gasteiger partial charge in [0.25, 0.3) is 6.02 Å². The van der Waals surface area contributed by atoms with E-state index in [0.717, 1.165) is 19.5 Å². The van der Waals surface area contributed by atoms with Crippen LogP contribution in [-0.4, -0.2) is 25.7 Å². The highest BCUT2D eigenvalue weighted by atomic mass is 16.5. The summed E-state index contributed by atoms with van der Waals surface area (Å²) in [6.07, 6.45) is 1.00. The minimum atomic E-state index is 0.695. The van der Waals surface area contributed by atoms with Crippen LogP contribution in [-0.2, 0) is 11.2 Å². The van der Waals surface area contributed by atoms with Crippen molar-refractivity contribution in [3.8, 4) is 0 Å². The smallest absolute Gasteiger partial charge is 0.284 e. The van der Waals surface area contributed by atoms with Gasteiger partial charge < -0.3 is 10.1 Å². The van der Waals surface area contributed by atoms with E-state index in [1.807, 2.05) is 6.07 Å². The molecule has 0 fully saturated rings. The zero-order valence-electron chi connectivity index (χ0n) is 8.07. The maximum Gasteiger partial charge on any atom is 0.284 e. The van der Waals surface area contributed by atoms with Crippen LogP contribution in [0.3, 0.4) is 0 Å². The first-order valence-electron chi connectivity index (χ1n) is 4.90. The van der Waals surface area contributed by atoms with Crippen molar-refractivity contribution in [1.29, 1.82) is 0 Å². The molecule has 0 aliphatic carbocycles. The summed E-state index contributed by atoms with van der Waals surface area (Å²) in [6.45, 7) is 2.38. The predicted molar refractivity (Wildman–Crippen MR) is 56.4 cm³/mol. The first-order valence-corrected chi connectivity index (χ1v) is 4.90. The fraction of sp³-hybridized carbons (Fsp3) is 0.364. The van der Waals surface area contributed by atoms with Gasteiger partial charge >= 0.3 is 0 Å². The summed E-state index contributed by atoms with van der Waals surface area (Å²) >= 11 is 0. The summed E-state index contributed by atoms with van der Waals surface area (Å²) in [5.74, 6) is 0. The quantitative estimate of drug-likeness (QED) is 0.777. The normalized spacial score (nSPS) is 14.7. The largest absolute Gasteiger partial charge is 0.463 e. The van der Waals surface area contributed by atoms with Crippen LogP contribution in [0.25, 0.3) is 0 Å². The molecule has 1 aromatic rings. The van der Waals surface area contributed by atoms with Gasteiger partial charge in [-0.1, -0.05) is 30.3 Å².